The maximum Gasteiger partial charge on any atom is 0.325 e. The zero-order chi connectivity index (χ0) is 25.1. The number of benzene rings is 3. The van der Waals surface area contributed by atoms with Gasteiger partial charge in [0.15, 0.2) is 0 Å². The van der Waals surface area contributed by atoms with Gasteiger partial charge in [-0.1, -0.05) is 35.9 Å². The average Bonchev–Trinajstić information content (AvgIpc) is 2.85. The molecule has 0 fully saturated rings. The zero-order valence-electron chi connectivity index (χ0n) is 19.7. The number of pyridine rings is 1. The smallest absolute Gasteiger partial charge is 0.325 e. The topological polar surface area (TPSA) is 95.3 Å². The van der Waals surface area contributed by atoms with Crippen molar-refractivity contribution >= 4 is 28.8 Å². The van der Waals surface area contributed by atoms with Gasteiger partial charge in [0.25, 0.3) is 0 Å². The van der Waals surface area contributed by atoms with Crippen LogP contribution in [0.1, 0.15) is 25.0 Å². The first-order valence-electron chi connectivity index (χ1n) is 11.3. The average molecular weight is 472 g/mol. The van der Waals surface area contributed by atoms with E-state index < -0.39 is 17.8 Å². The van der Waals surface area contributed by atoms with E-state index in [-0.39, 0.29) is 0 Å². The molecule has 1 unspecified atom stereocenters. The van der Waals surface area contributed by atoms with Gasteiger partial charge in [-0.3, -0.25) is 4.79 Å². The summed E-state index contributed by atoms with van der Waals surface area (Å²) in [5.41, 5.74) is 5.54. The highest BCUT2D eigenvalue weighted by Crippen LogP contribution is 2.36. The monoisotopic (exact) mass is 471 g/mol. The van der Waals surface area contributed by atoms with Gasteiger partial charge in [-0.25, -0.2) is 9.37 Å². The summed E-state index contributed by atoms with van der Waals surface area (Å²) in [4.78, 5) is 16.2. The molecule has 0 bridgehead atoms. The number of rotatable bonds is 8. The van der Waals surface area contributed by atoms with E-state index in [2.05, 4.69) is 11.4 Å². The van der Waals surface area contributed by atoms with Gasteiger partial charge in [-0.15, -0.1) is 0 Å². The molecule has 0 spiro atoms. The third kappa shape index (κ3) is 4.84. The minimum Gasteiger partial charge on any atom is -0.493 e. The second-order valence-electron chi connectivity index (χ2n) is 8.27. The van der Waals surface area contributed by atoms with Crippen molar-refractivity contribution in [1.82, 2.24) is 4.98 Å². The van der Waals surface area contributed by atoms with Gasteiger partial charge in [0, 0.05) is 28.3 Å². The lowest BCUT2D eigenvalue weighted by molar-refractivity contribution is -0.137. The molecule has 0 radical (unpaired) electrons. The molecule has 0 amide bonds. The fourth-order valence-electron chi connectivity index (χ4n) is 4.00. The molecule has 1 aromatic heterocycles. The molecule has 1 atom stereocenters. The molecule has 7 heteroatoms. The summed E-state index contributed by atoms with van der Waals surface area (Å²) < 4.78 is 19.9. The molecule has 0 saturated carbocycles. The van der Waals surface area contributed by atoms with E-state index in [1.54, 1.807) is 6.07 Å². The first-order chi connectivity index (χ1) is 16.8. The Balaban J connectivity index is 1.86. The molecule has 4 aromatic rings. The number of carboxylic acids is 1. The second kappa shape index (κ2) is 9.93. The van der Waals surface area contributed by atoms with E-state index in [1.807, 2.05) is 50.2 Å². The van der Waals surface area contributed by atoms with Gasteiger partial charge in [0.1, 0.15) is 17.6 Å². The number of hydrogen-bond donors (Lipinski definition) is 3. The van der Waals surface area contributed by atoms with Crippen molar-refractivity contribution in [2.75, 3.05) is 11.9 Å². The molecule has 4 rings (SSSR count). The standard InChI is InChI=1S/C28H26FN3O3/c1-4-35-25-12-5-16(2)13-21(25)18-6-8-19(9-7-18)26-23(15-30)27(31-17(3)28(33)34)22-14-20(29)10-11-24(22)32-26/h5-15,17,30H,4H2,1-3H3,(H,31,32)(H,33,34). The van der Waals surface area contributed by atoms with E-state index in [9.17, 15) is 14.3 Å². The number of nitrogens with one attached hydrogen (secondary N) is 2. The van der Waals surface area contributed by atoms with Crippen molar-refractivity contribution in [3.63, 3.8) is 0 Å². The number of anilines is 1. The third-order valence-electron chi connectivity index (χ3n) is 5.76. The van der Waals surface area contributed by atoms with Gasteiger partial charge in [-0.05, 0) is 56.7 Å². The number of carboxylic acid groups (broad SMARTS) is 1. The molecule has 0 saturated heterocycles. The molecule has 6 nitrogen and oxygen atoms in total. The van der Waals surface area contributed by atoms with Crippen LogP contribution in [0.25, 0.3) is 33.3 Å². The predicted octanol–water partition coefficient (Wildman–Crippen LogP) is 6.30. The van der Waals surface area contributed by atoms with Crippen molar-refractivity contribution in [1.29, 1.82) is 5.41 Å². The van der Waals surface area contributed by atoms with E-state index >= 15 is 0 Å². The molecular weight excluding hydrogens is 445 g/mol. The Bertz CT molecular complexity index is 1420. The van der Waals surface area contributed by atoms with Crippen LogP contribution in [0.4, 0.5) is 10.1 Å². The summed E-state index contributed by atoms with van der Waals surface area (Å²) in [5, 5.41) is 20.8. The van der Waals surface area contributed by atoms with Crippen molar-refractivity contribution in [2.45, 2.75) is 26.8 Å². The molecule has 178 valence electrons. The second-order valence-corrected chi connectivity index (χ2v) is 8.27. The maximum atomic E-state index is 14.1. The van der Waals surface area contributed by atoms with Crippen LogP contribution in [0.5, 0.6) is 5.75 Å². The summed E-state index contributed by atoms with van der Waals surface area (Å²) in [7, 11) is 0. The Morgan fingerprint density at radius 3 is 2.51 bits per heavy atom. The number of halogens is 1. The summed E-state index contributed by atoms with van der Waals surface area (Å²) in [6.07, 6.45) is 1.12. The van der Waals surface area contributed by atoms with Gasteiger partial charge in [-0.2, -0.15) is 0 Å². The highest BCUT2D eigenvalue weighted by Gasteiger charge is 2.20. The van der Waals surface area contributed by atoms with E-state index in [0.717, 1.165) is 34.2 Å². The molecule has 0 aliphatic rings. The molecular formula is C28H26FN3O3. The summed E-state index contributed by atoms with van der Waals surface area (Å²) in [5.74, 6) is -0.732. The quantitative estimate of drug-likeness (QED) is 0.262. The van der Waals surface area contributed by atoms with E-state index in [0.29, 0.717) is 34.5 Å². The number of aryl methyl sites for hydroxylation is 1. The van der Waals surface area contributed by atoms with Crippen LogP contribution in [0.15, 0.2) is 60.7 Å². The Labute approximate surface area is 202 Å². The predicted molar refractivity (Wildman–Crippen MR) is 137 cm³/mol. The lowest BCUT2D eigenvalue weighted by Crippen LogP contribution is -2.26. The molecule has 3 N–H and O–H groups in total. The number of carbonyl (C=O) groups is 1. The Hall–Kier alpha value is -4.26. The van der Waals surface area contributed by atoms with Gasteiger partial charge < -0.3 is 20.6 Å². The van der Waals surface area contributed by atoms with Crippen LogP contribution in [0, 0.1) is 18.2 Å². The number of fused-ring (bicyclic) bond motifs is 1. The fraction of sp³-hybridized carbons (Fsp3) is 0.179. The highest BCUT2D eigenvalue weighted by molar-refractivity contribution is 6.06. The van der Waals surface area contributed by atoms with E-state index in [4.69, 9.17) is 15.1 Å². The SMILES string of the molecule is CCOc1ccc(C)cc1-c1ccc(-c2nc3ccc(F)cc3c(NC(C)C(=O)O)c2C=N)cc1. The van der Waals surface area contributed by atoms with Crippen LogP contribution in [-0.2, 0) is 4.79 Å². The number of aliphatic carboxylic acids is 1. The largest absolute Gasteiger partial charge is 0.493 e. The van der Waals surface area contributed by atoms with Crippen LogP contribution in [0.2, 0.25) is 0 Å². The zero-order valence-corrected chi connectivity index (χ0v) is 19.7. The van der Waals surface area contributed by atoms with Crippen molar-refractivity contribution in [3.05, 3.63) is 77.6 Å². The fourth-order valence-corrected chi connectivity index (χ4v) is 4.00. The number of aromatic nitrogens is 1. The minimum absolute atomic E-state index is 0.357. The van der Waals surface area contributed by atoms with Crippen molar-refractivity contribution in [3.8, 4) is 28.1 Å². The highest BCUT2D eigenvalue weighted by atomic mass is 19.1. The first kappa shape index (κ1) is 23.9. The minimum atomic E-state index is -1.06. The summed E-state index contributed by atoms with van der Waals surface area (Å²) in [6.45, 7) is 6.02. The van der Waals surface area contributed by atoms with Gasteiger partial charge >= 0.3 is 5.97 Å². The molecule has 35 heavy (non-hydrogen) atoms. The lowest BCUT2D eigenvalue weighted by Gasteiger charge is -2.19. The first-order valence-corrected chi connectivity index (χ1v) is 11.3. The third-order valence-corrected chi connectivity index (χ3v) is 5.76. The Morgan fingerprint density at radius 1 is 1.14 bits per heavy atom. The van der Waals surface area contributed by atoms with Gasteiger partial charge in [0.2, 0.25) is 0 Å². The van der Waals surface area contributed by atoms with Crippen molar-refractivity contribution in [2.24, 2.45) is 0 Å². The van der Waals surface area contributed by atoms with Crippen LogP contribution >= 0.6 is 0 Å². The van der Waals surface area contributed by atoms with Crippen LogP contribution in [0.3, 0.4) is 0 Å². The normalized spacial score (nSPS) is 11.8. The van der Waals surface area contributed by atoms with E-state index in [1.165, 1.54) is 19.1 Å². The molecule has 3 aromatic carbocycles. The Kier molecular flexibility index (Phi) is 6.78. The summed E-state index contributed by atoms with van der Waals surface area (Å²) >= 11 is 0. The molecule has 0 aliphatic heterocycles. The number of ether oxygens (including phenoxy) is 1. The van der Waals surface area contributed by atoms with Crippen LogP contribution in [-0.4, -0.2) is 34.9 Å². The Morgan fingerprint density at radius 2 is 1.86 bits per heavy atom. The van der Waals surface area contributed by atoms with Crippen LogP contribution < -0.4 is 10.1 Å². The number of hydrogen-bond acceptors (Lipinski definition) is 5. The van der Waals surface area contributed by atoms with Gasteiger partial charge in [0.05, 0.1) is 23.5 Å². The maximum absolute atomic E-state index is 14.1. The molecule has 1 heterocycles. The summed E-state index contributed by atoms with van der Waals surface area (Å²) in [6, 6.07) is 17.0. The lowest BCUT2D eigenvalue weighted by atomic mass is 9.97. The number of nitrogens with zero attached hydrogens (tertiary/aromatic N) is 1. The molecule has 0 aliphatic carbocycles. The van der Waals surface area contributed by atoms with Crippen molar-refractivity contribution < 1.29 is 19.0 Å².